The number of anilines is 1. The van der Waals surface area contributed by atoms with Crippen molar-refractivity contribution in [2.45, 2.75) is 45.8 Å². The third-order valence-corrected chi connectivity index (χ3v) is 3.63. The highest BCUT2D eigenvalue weighted by Crippen LogP contribution is 2.28. The first-order valence-electron chi connectivity index (χ1n) is 6.57. The summed E-state index contributed by atoms with van der Waals surface area (Å²) in [4.78, 5) is 6.80. The van der Waals surface area contributed by atoms with Gasteiger partial charge in [0.2, 0.25) is 0 Å². The quantitative estimate of drug-likeness (QED) is 0.834. The lowest BCUT2D eigenvalue weighted by Crippen LogP contribution is -2.47. The minimum Gasteiger partial charge on any atom is -0.388 e. The number of rotatable bonds is 2. The third kappa shape index (κ3) is 2.65. The number of hydrogen-bond donors (Lipinski definition) is 2. The lowest BCUT2D eigenvalue weighted by molar-refractivity contribution is 0.0446. The van der Waals surface area contributed by atoms with Crippen molar-refractivity contribution in [3.8, 4) is 0 Å². The second-order valence-electron chi connectivity index (χ2n) is 5.61. The van der Waals surface area contributed by atoms with Crippen LogP contribution in [0, 0.1) is 13.8 Å². The summed E-state index contributed by atoms with van der Waals surface area (Å²) in [5.41, 5.74) is 8.51. The van der Waals surface area contributed by atoms with Gasteiger partial charge in [-0.25, -0.2) is 4.98 Å². The van der Waals surface area contributed by atoms with Crippen molar-refractivity contribution in [3.05, 3.63) is 22.9 Å². The number of nitrogens with zero attached hydrogens (tertiary/aromatic N) is 2. The molecule has 1 aromatic rings. The van der Waals surface area contributed by atoms with E-state index in [0.29, 0.717) is 13.1 Å². The molecule has 1 aliphatic rings. The molecule has 4 heteroatoms. The van der Waals surface area contributed by atoms with Gasteiger partial charge in [-0.3, -0.25) is 0 Å². The Balaban J connectivity index is 2.37. The monoisotopic (exact) mass is 249 g/mol. The van der Waals surface area contributed by atoms with Crippen molar-refractivity contribution in [1.29, 1.82) is 0 Å². The molecule has 0 amide bonds. The number of hydrogen-bond acceptors (Lipinski definition) is 4. The smallest absolute Gasteiger partial charge is 0.133 e. The number of piperidine rings is 1. The highest BCUT2D eigenvalue weighted by atomic mass is 16.3. The van der Waals surface area contributed by atoms with Gasteiger partial charge in [-0.2, -0.15) is 0 Å². The van der Waals surface area contributed by atoms with Crippen molar-refractivity contribution in [1.82, 2.24) is 4.98 Å². The molecule has 1 aromatic heterocycles. The van der Waals surface area contributed by atoms with Gasteiger partial charge in [0, 0.05) is 30.9 Å². The summed E-state index contributed by atoms with van der Waals surface area (Å²) < 4.78 is 0. The van der Waals surface area contributed by atoms with Gasteiger partial charge in [0.1, 0.15) is 5.82 Å². The van der Waals surface area contributed by atoms with Gasteiger partial charge in [-0.05, 0) is 45.2 Å². The van der Waals surface area contributed by atoms with E-state index in [-0.39, 0.29) is 0 Å². The topological polar surface area (TPSA) is 62.4 Å². The van der Waals surface area contributed by atoms with Crippen LogP contribution in [-0.4, -0.2) is 28.8 Å². The fraction of sp³-hybridized carbons (Fsp3) is 0.643. The van der Waals surface area contributed by atoms with Gasteiger partial charge in [0.05, 0.1) is 5.60 Å². The summed E-state index contributed by atoms with van der Waals surface area (Å²) in [7, 11) is 0. The molecular weight excluding hydrogens is 226 g/mol. The molecule has 3 N–H and O–H groups in total. The van der Waals surface area contributed by atoms with E-state index in [4.69, 9.17) is 5.73 Å². The van der Waals surface area contributed by atoms with Crippen LogP contribution in [0.15, 0.2) is 6.07 Å². The summed E-state index contributed by atoms with van der Waals surface area (Å²) in [6, 6.07) is 2.06. The molecule has 1 fully saturated rings. The van der Waals surface area contributed by atoms with Gasteiger partial charge in [0.15, 0.2) is 0 Å². The Kier molecular flexibility index (Phi) is 3.59. The second-order valence-corrected chi connectivity index (χ2v) is 5.61. The average Bonchev–Trinajstić information content (AvgIpc) is 2.26. The van der Waals surface area contributed by atoms with E-state index in [2.05, 4.69) is 22.9 Å². The lowest BCUT2D eigenvalue weighted by Gasteiger charge is -2.38. The number of β-amino-alcohol motifs (C(OH)–C–C–N with tert-alkyl or cyclic N) is 1. The Bertz CT molecular complexity index is 443. The first kappa shape index (κ1) is 13.3. The Morgan fingerprint density at radius 1 is 1.50 bits per heavy atom. The van der Waals surface area contributed by atoms with Gasteiger partial charge < -0.3 is 15.7 Å². The summed E-state index contributed by atoms with van der Waals surface area (Å²) >= 11 is 0. The zero-order chi connectivity index (χ0) is 13.3. The van der Waals surface area contributed by atoms with E-state index in [9.17, 15) is 5.11 Å². The number of aryl methyl sites for hydroxylation is 2. The van der Waals surface area contributed by atoms with E-state index in [0.717, 1.165) is 36.5 Å². The van der Waals surface area contributed by atoms with Gasteiger partial charge in [-0.1, -0.05) is 0 Å². The molecular formula is C14H23N3O. The van der Waals surface area contributed by atoms with Crippen LogP contribution in [0.1, 0.15) is 36.6 Å². The largest absolute Gasteiger partial charge is 0.388 e. The van der Waals surface area contributed by atoms with Crippen LogP contribution in [0.5, 0.6) is 0 Å². The Morgan fingerprint density at radius 3 is 2.83 bits per heavy atom. The van der Waals surface area contributed by atoms with E-state index in [1.165, 1.54) is 5.56 Å². The molecule has 1 atom stereocenters. The zero-order valence-electron chi connectivity index (χ0n) is 11.5. The molecule has 1 saturated heterocycles. The first-order chi connectivity index (χ1) is 8.43. The first-order valence-corrected chi connectivity index (χ1v) is 6.57. The summed E-state index contributed by atoms with van der Waals surface area (Å²) in [5, 5.41) is 10.2. The van der Waals surface area contributed by atoms with Crippen LogP contribution in [0.3, 0.4) is 0 Å². The van der Waals surface area contributed by atoms with Crippen LogP contribution in [0.4, 0.5) is 5.82 Å². The van der Waals surface area contributed by atoms with Gasteiger partial charge >= 0.3 is 0 Å². The summed E-state index contributed by atoms with van der Waals surface area (Å²) in [6.07, 6.45) is 1.85. The summed E-state index contributed by atoms with van der Waals surface area (Å²) in [5.74, 6) is 0.954. The summed E-state index contributed by atoms with van der Waals surface area (Å²) in [6.45, 7) is 8.04. The van der Waals surface area contributed by atoms with Crippen LogP contribution in [0.2, 0.25) is 0 Å². The standard InChI is InChI=1S/C14H23N3O/c1-10-7-11(2)16-13(12(10)8-15)17-6-4-5-14(3,18)9-17/h7,18H,4-6,8-9,15H2,1-3H3. The Morgan fingerprint density at radius 2 is 2.22 bits per heavy atom. The molecule has 0 aromatic carbocycles. The lowest BCUT2D eigenvalue weighted by atomic mass is 9.94. The molecule has 0 saturated carbocycles. The predicted molar refractivity (Wildman–Crippen MR) is 73.7 cm³/mol. The minimum atomic E-state index is -0.622. The van der Waals surface area contributed by atoms with Gasteiger partial charge in [-0.15, -0.1) is 0 Å². The maximum atomic E-state index is 10.2. The van der Waals surface area contributed by atoms with Crippen LogP contribution in [-0.2, 0) is 6.54 Å². The molecule has 0 bridgehead atoms. The molecule has 0 aliphatic carbocycles. The van der Waals surface area contributed by atoms with Crippen molar-refractivity contribution in [2.75, 3.05) is 18.0 Å². The average molecular weight is 249 g/mol. The number of aromatic nitrogens is 1. The third-order valence-electron chi connectivity index (χ3n) is 3.63. The normalized spacial score (nSPS) is 24.4. The molecule has 100 valence electrons. The maximum Gasteiger partial charge on any atom is 0.133 e. The molecule has 2 heterocycles. The van der Waals surface area contributed by atoms with E-state index in [1.54, 1.807) is 0 Å². The Hall–Kier alpha value is -1.13. The second kappa shape index (κ2) is 4.86. The highest BCUT2D eigenvalue weighted by molar-refractivity contribution is 5.52. The molecule has 1 unspecified atom stereocenters. The predicted octanol–water partition coefficient (Wildman–Crippen LogP) is 1.51. The molecule has 18 heavy (non-hydrogen) atoms. The van der Waals surface area contributed by atoms with E-state index < -0.39 is 5.60 Å². The van der Waals surface area contributed by atoms with E-state index in [1.807, 2.05) is 13.8 Å². The molecule has 0 radical (unpaired) electrons. The van der Waals surface area contributed by atoms with Crippen molar-refractivity contribution < 1.29 is 5.11 Å². The molecule has 1 aliphatic heterocycles. The Labute approximate surface area is 109 Å². The van der Waals surface area contributed by atoms with Crippen molar-refractivity contribution >= 4 is 5.82 Å². The van der Waals surface area contributed by atoms with Crippen LogP contribution < -0.4 is 10.6 Å². The van der Waals surface area contributed by atoms with Crippen molar-refractivity contribution in [3.63, 3.8) is 0 Å². The number of nitrogens with two attached hydrogens (primary N) is 1. The molecule has 4 nitrogen and oxygen atoms in total. The SMILES string of the molecule is Cc1cc(C)c(CN)c(N2CCCC(C)(O)C2)n1. The van der Waals surface area contributed by atoms with Crippen molar-refractivity contribution in [2.24, 2.45) is 5.73 Å². The molecule has 0 spiro atoms. The molecule has 2 rings (SSSR count). The minimum absolute atomic E-state index is 0.493. The zero-order valence-corrected chi connectivity index (χ0v) is 11.5. The van der Waals surface area contributed by atoms with Crippen LogP contribution >= 0.6 is 0 Å². The highest BCUT2D eigenvalue weighted by Gasteiger charge is 2.30. The fourth-order valence-electron chi connectivity index (χ4n) is 2.76. The fourth-order valence-corrected chi connectivity index (χ4v) is 2.76. The van der Waals surface area contributed by atoms with E-state index >= 15 is 0 Å². The van der Waals surface area contributed by atoms with Gasteiger partial charge in [0.25, 0.3) is 0 Å². The number of aliphatic hydroxyl groups is 1. The van der Waals surface area contributed by atoms with Crippen LogP contribution in [0.25, 0.3) is 0 Å². The maximum absolute atomic E-state index is 10.2. The number of pyridine rings is 1.